The van der Waals surface area contributed by atoms with Crippen LogP contribution in [0.15, 0.2) is 18.2 Å². The average molecular weight is 321 g/mol. The van der Waals surface area contributed by atoms with E-state index in [9.17, 15) is 27.5 Å². The van der Waals surface area contributed by atoms with Crippen molar-refractivity contribution in [3.63, 3.8) is 0 Å². The molecule has 1 heterocycles. The van der Waals surface area contributed by atoms with Crippen LogP contribution in [0.5, 0.6) is 0 Å². The quantitative estimate of drug-likeness (QED) is 0.867. The molecular formula is C14H15F4NO3. The Hall–Kier alpha value is -1.67. The van der Waals surface area contributed by atoms with Crippen molar-refractivity contribution in [1.29, 1.82) is 0 Å². The molecule has 122 valence electrons. The molecule has 1 amide bonds. The Morgan fingerprint density at radius 2 is 2.09 bits per heavy atom. The van der Waals surface area contributed by atoms with Gasteiger partial charge < -0.3 is 14.7 Å². The molecule has 0 radical (unpaired) electrons. The molecule has 1 aromatic carbocycles. The summed E-state index contributed by atoms with van der Waals surface area (Å²) in [6.45, 7) is -0.203. The SMILES string of the molecule is CO[C@H]1C[C@@H](CO)N(C(=O)c2cc(F)cc(C(F)(F)F)c2)C1. The molecule has 4 nitrogen and oxygen atoms in total. The number of amides is 1. The number of hydrogen-bond acceptors (Lipinski definition) is 3. The van der Waals surface area contributed by atoms with Crippen LogP contribution in [0.2, 0.25) is 0 Å². The molecule has 1 saturated heterocycles. The summed E-state index contributed by atoms with van der Waals surface area (Å²) >= 11 is 0. The minimum atomic E-state index is -4.74. The van der Waals surface area contributed by atoms with Gasteiger partial charge in [-0.25, -0.2) is 4.39 Å². The van der Waals surface area contributed by atoms with E-state index in [0.29, 0.717) is 18.6 Å². The number of likely N-dealkylation sites (tertiary alicyclic amines) is 1. The molecule has 22 heavy (non-hydrogen) atoms. The summed E-state index contributed by atoms with van der Waals surface area (Å²) in [4.78, 5) is 13.5. The van der Waals surface area contributed by atoms with Crippen molar-refractivity contribution in [3.8, 4) is 0 Å². The predicted octanol–water partition coefficient (Wildman–Crippen LogP) is 2.07. The molecule has 2 rings (SSSR count). The van der Waals surface area contributed by atoms with E-state index in [1.807, 2.05) is 0 Å². The zero-order chi connectivity index (χ0) is 16.5. The van der Waals surface area contributed by atoms with Crippen LogP contribution >= 0.6 is 0 Å². The van der Waals surface area contributed by atoms with Crippen molar-refractivity contribution < 1.29 is 32.2 Å². The van der Waals surface area contributed by atoms with Gasteiger partial charge in [-0.1, -0.05) is 0 Å². The van der Waals surface area contributed by atoms with Gasteiger partial charge in [0, 0.05) is 19.2 Å². The number of alkyl halides is 3. The Morgan fingerprint density at radius 1 is 1.41 bits per heavy atom. The van der Waals surface area contributed by atoms with Crippen LogP contribution in [0.25, 0.3) is 0 Å². The van der Waals surface area contributed by atoms with Crippen molar-refractivity contribution >= 4 is 5.91 Å². The molecule has 1 N–H and O–H groups in total. The number of nitrogens with zero attached hydrogens (tertiary/aromatic N) is 1. The van der Waals surface area contributed by atoms with E-state index in [0.717, 1.165) is 6.07 Å². The second-order valence-electron chi connectivity index (χ2n) is 5.11. The number of rotatable bonds is 3. The van der Waals surface area contributed by atoms with Crippen LogP contribution < -0.4 is 0 Å². The molecule has 0 spiro atoms. The average Bonchev–Trinajstić information content (AvgIpc) is 2.88. The minimum absolute atomic E-state index is 0.137. The number of aliphatic hydroxyl groups is 1. The highest BCUT2D eigenvalue weighted by Crippen LogP contribution is 2.31. The van der Waals surface area contributed by atoms with Gasteiger partial charge in [-0.2, -0.15) is 13.2 Å². The first-order chi connectivity index (χ1) is 10.3. The minimum Gasteiger partial charge on any atom is -0.394 e. The molecule has 2 atom stereocenters. The number of halogens is 4. The number of ether oxygens (including phenoxy) is 1. The summed E-state index contributed by atoms with van der Waals surface area (Å²) in [5, 5.41) is 9.28. The smallest absolute Gasteiger partial charge is 0.394 e. The van der Waals surface area contributed by atoms with Crippen LogP contribution in [0.1, 0.15) is 22.3 Å². The van der Waals surface area contributed by atoms with Crippen LogP contribution in [0.4, 0.5) is 17.6 Å². The van der Waals surface area contributed by atoms with E-state index < -0.39 is 35.1 Å². The fourth-order valence-corrected chi connectivity index (χ4v) is 2.51. The van der Waals surface area contributed by atoms with Crippen LogP contribution in [-0.2, 0) is 10.9 Å². The van der Waals surface area contributed by atoms with Gasteiger partial charge in [-0.15, -0.1) is 0 Å². The fourth-order valence-electron chi connectivity index (χ4n) is 2.51. The van der Waals surface area contributed by atoms with Gasteiger partial charge in [-0.05, 0) is 24.6 Å². The summed E-state index contributed by atoms with van der Waals surface area (Å²) in [5.74, 6) is -1.90. The second kappa shape index (κ2) is 6.21. The monoisotopic (exact) mass is 321 g/mol. The Morgan fingerprint density at radius 3 is 2.64 bits per heavy atom. The number of aliphatic hydroxyl groups excluding tert-OH is 1. The standard InChI is InChI=1S/C14H15F4NO3/c1-22-12-5-11(7-20)19(6-12)13(21)8-2-9(14(16,17)18)4-10(15)3-8/h2-4,11-12,20H,5-7H2,1H3/t11-,12-/m0/s1. The normalized spacial score (nSPS) is 22.2. The molecule has 8 heteroatoms. The molecule has 0 unspecified atom stereocenters. The topological polar surface area (TPSA) is 49.8 Å². The van der Waals surface area contributed by atoms with Crippen LogP contribution in [0, 0.1) is 5.82 Å². The zero-order valence-corrected chi connectivity index (χ0v) is 11.7. The van der Waals surface area contributed by atoms with Gasteiger partial charge in [0.05, 0.1) is 24.3 Å². The van der Waals surface area contributed by atoms with Gasteiger partial charge in [0.2, 0.25) is 0 Å². The van der Waals surface area contributed by atoms with Gasteiger partial charge in [-0.3, -0.25) is 4.79 Å². The largest absolute Gasteiger partial charge is 0.416 e. The highest BCUT2D eigenvalue weighted by atomic mass is 19.4. The van der Waals surface area contributed by atoms with Gasteiger partial charge in [0.1, 0.15) is 5.82 Å². The molecule has 0 bridgehead atoms. The van der Waals surface area contributed by atoms with Crippen LogP contribution in [0.3, 0.4) is 0 Å². The zero-order valence-electron chi connectivity index (χ0n) is 11.7. The lowest BCUT2D eigenvalue weighted by molar-refractivity contribution is -0.137. The van der Waals surface area contributed by atoms with Crippen molar-refractivity contribution in [2.24, 2.45) is 0 Å². The molecular weight excluding hydrogens is 306 g/mol. The number of hydrogen-bond donors (Lipinski definition) is 1. The lowest BCUT2D eigenvalue weighted by Gasteiger charge is -2.23. The molecule has 0 aromatic heterocycles. The predicted molar refractivity (Wildman–Crippen MR) is 68.7 cm³/mol. The first kappa shape index (κ1) is 16.7. The third kappa shape index (κ3) is 3.38. The fraction of sp³-hybridized carbons (Fsp3) is 0.500. The first-order valence-electron chi connectivity index (χ1n) is 6.58. The van der Waals surface area contributed by atoms with Crippen molar-refractivity contribution in [2.75, 3.05) is 20.3 Å². The Kier molecular flexibility index (Phi) is 4.72. The van der Waals surface area contributed by atoms with E-state index in [2.05, 4.69) is 0 Å². The Labute approximate surface area is 124 Å². The lowest BCUT2D eigenvalue weighted by atomic mass is 10.1. The molecule has 1 fully saturated rings. The Balaban J connectivity index is 2.31. The summed E-state index contributed by atoms with van der Waals surface area (Å²) in [7, 11) is 1.44. The third-order valence-electron chi connectivity index (χ3n) is 3.65. The molecule has 1 aliphatic rings. The van der Waals surface area contributed by atoms with E-state index >= 15 is 0 Å². The van der Waals surface area contributed by atoms with Gasteiger partial charge >= 0.3 is 6.18 Å². The molecule has 1 aromatic rings. The second-order valence-corrected chi connectivity index (χ2v) is 5.11. The summed E-state index contributed by atoms with van der Waals surface area (Å²) in [6, 6.07) is 1.14. The highest BCUT2D eigenvalue weighted by molar-refractivity contribution is 5.95. The van der Waals surface area contributed by atoms with Gasteiger partial charge in [0.25, 0.3) is 5.91 Å². The first-order valence-corrected chi connectivity index (χ1v) is 6.58. The van der Waals surface area contributed by atoms with Gasteiger partial charge in [0.15, 0.2) is 0 Å². The summed E-state index contributed by atoms with van der Waals surface area (Å²) in [5.41, 5.74) is -1.62. The molecule has 1 aliphatic heterocycles. The van der Waals surface area contributed by atoms with E-state index in [1.54, 1.807) is 0 Å². The van der Waals surface area contributed by atoms with E-state index in [-0.39, 0.29) is 19.3 Å². The lowest BCUT2D eigenvalue weighted by Crippen LogP contribution is -2.38. The maximum absolute atomic E-state index is 13.4. The number of carbonyl (C=O) groups excluding carboxylic acids is 1. The van der Waals surface area contributed by atoms with Crippen molar-refractivity contribution in [3.05, 3.63) is 35.1 Å². The Bertz CT molecular complexity index is 562. The third-order valence-corrected chi connectivity index (χ3v) is 3.65. The van der Waals surface area contributed by atoms with Crippen molar-refractivity contribution in [1.82, 2.24) is 4.90 Å². The van der Waals surface area contributed by atoms with Crippen LogP contribution in [-0.4, -0.2) is 48.3 Å². The summed E-state index contributed by atoms with van der Waals surface area (Å²) in [6.07, 6.45) is -4.68. The van der Waals surface area contributed by atoms with Crippen molar-refractivity contribution in [2.45, 2.75) is 24.7 Å². The highest BCUT2D eigenvalue weighted by Gasteiger charge is 2.37. The number of carbonyl (C=O) groups is 1. The number of benzene rings is 1. The maximum Gasteiger partial charge on any atom is 0.416 e. The number of methoxy groups -OCH3 is 1. The summed E-state index contributed by atoms with van der Waals surface area (Å²) < 4.78 is 56.6. The van der Waals surface area contributed by atoms with E-state index in [1.165, 1.54) is 12.0 Å². The maximum atomic E-state index is 13.4. The molecule has 0 saturated carbocycles. The van der Waals surface area contributed by atoms with E-state index in [4.69, 9.17) is 4.74 Å². The molecule has 0 aliphatic carbocycles.